The highest BCUT2D eigenvalue weighted by Gasteiger charge is 2.13. The molecule has 3 aromatic carbocycles. The van der Waals surface area contributed by atoms with Gasteiger partial charge in [-0.1, -0.05) is 37.3 Å². The van der Waals surface area contributed by atoms with Gasteiger partial charge >= 0.3 is 0 Å². The Kier molecular flexibility index (Phi) is 10.4. The predicted octanol–water partition coefficient (Wildman–Crippen LogP) is 5.59. The van der Waals surface area contributed by atoms with E-state index in [2.05, 4.69) is 20.8 Å². The van der Waals surface area contributed by atoms with Gasteiger partial charge in [0.1, 0.15) is 23.1 Å². The summed E-state index contributed by atoms with van der Waals surface area (Å²) in [5, 5.41) is 17.4. The largest absolute Gasteiger partial charge is 0.507 e. The molecule has 0 aliphatic heterocycles. The summed E-state index contributed by atoms with van der Waals surface area (Å²) in [7, 11) is -3.39. The zero-order valence-electron chi connectivity index (χ0n) is 23.9. The minimum absolute atomic E-state index is 0.0602. The SMILES string of the molecule is CCc1cc(-c2ccc(F)cc2)c(O)cc1OCCCCNC(=O)c1ccc(NN=Cc2ccccc2S(C)(=O)=O)nc1. The van der Waals surface area contributed by atoms with Gasteiger partial charge in [-0.2, -0.15) is 5.10 Å². The van der Waals surface area contributed by atoms with Crippen LogP contribution in [0.5, 0.6) is 11.5 Å². The minimum atomic E-state index is -3.39. The topological polar surface area (TPSA) is 130 Å². The number of nitrogens with zero attached hydrogens (tertiary/aromatic N) is 2. The number of hydrogen-bond acceptors (Lipinski definition) is 8. The highest BCUT2D eigenvalue weighted by molar-refractivity contribution is 7.90. The Morgan fingerprint density at radius 1 is 1.07 bits per heavy atom. The Hall–Kier alpha value is -4.77. The van der Waals surface area contributed by atoms with Crippen LogP contribution in [0.3, 0.4) is 0 Å². The molecule has 0 radical (unpaired) electrons. The third-order valence-electron chi connectivity index (χ3n) is 6.56. The molecule has 0 bridgehead atoms. The van der Waals surface area contributed by atoms with Gasteiger partial charge in [0, 0.05) is 36.2 Å². The number of aromatic hydroxyl groups is 1. The number of carbonyl (C=O) groups excluding carboxylic acids is 1. The van der Waals surface area contributed by atoms with Crippen LogP contribution in [0.15, 0.2) is 89.0 Å². The number of aryl methyl sites for hydroxylation is 1. The van der Waals surface area contributed by atoms with E-state index in [1.165, 1.54) is 30.6 Å². The first-order valence-electron chi connectivity index (χ1n) is 13.7. The lowest BCUT2D eigenvalue weighted by atomic mass is 10.00. The van der Waals surface area contributed by atoms with E-state index in [4.69, 9.17) is 4.74 Å². The van der Waals surface area contributed by atoms with Crippen molar-refractivity contribution >= 4 is 27.8 Å². The number of sulfone groups is 1. The summed E-state index contributed by atoms with van der Waals surface area (Å²) in [6.07, 6.45) is 6.03. The molecule has 0 aliphatic carbocycles. The molecule has 0 spiro atoms. The van der Waals surface area contributed by atoms with E-state index in [0.29, 0.717) is 60.7 Å². The Labute approximate surface area is 250 Å². The van der Waals surface area contributed by atoms with Gasteiger partial charge < -0.3 is 15.2 Å². The number of carbonyl (C=O) groups is 1. The van der Waals surface area contributed by atoms with Gasteiger partial charge in [-0.25, -0.2) is 17.8 Å². The van der Waals surface area contributed by atoms with E-state index >= 15 is 0 Å². The molecule has 11 heteroatoms. The fourth-order valence-corrected chi connectivity index (χ4v) is 5.16. The van der Waals surface area contributed by atoms with Crippen LogP contribution in [0.4, 0.5) is 10.2 Å². The standard InChI is InChI=1S/C32H33FN4O5S/c1-3-22-18-27(23-10-13-26(33)14-11-23)28(38)19-29(22)42-17-7-6-16-34-32(39)25-12-15-31(35-20-25)37-36-21-24-8-4-5-9-30(24)43(2,40)41/h4-5,8-15,18-21,38H,3,6-7,16-17H2,1-2H3,(H,34,39)(H,35,37). The van der Waals surface area contributed by atoms with Crippen LogP contribution in [-0.4, -0.2) is 50.0 Å². The maximum atomic E-state index is 13.3. The van der Waals surface area contributed by atoms with Crippen molar-refractivity contribution in [1.82, 2.24) is 10.3 Å². The lowest BCUT2D eigenvalue weighted by Crippen LogP contribution is -2.24. The second kappa shape index (κ2) is 14.4. The van der Waals surface area contributed by atoms with Crippen molar-refractivity contribution in [3.05, 3.63) is 102 Å². The van der Waals surface area contributed by atoms with Gasteiger partial charge in [0.25, 0.3) is 5.91 Å². The second-order valence-corrected chi connectivity index (χ2v) is 11.7. The highest BCUT2D eigenvalue weighted by Crippen LogP contribution is 2.36. The van der Waals surface area contributed by atoms with Crippen molar-refractivity contribution < 1.29 is 27.4 Å². The van der Waals surface area contributed by atoms with Gasteiger partial charge in [-0.15, -0.1) is 0 Å². The molecular formula is C32H33FN4O5S. The van der Waals surface area contributed by atoms with Crippen LogP contribution in [0, 0.1) is 5.82 Å². The summed E-state index contributed by atoms with van der Waals surface area (Å²) < 4.78 is 43.0. The number of phenols is 1. The molecule has 0 aliphatic rings. The molecule has 0 atom stereocenters. The molecule has 9 nitrogen and oxygen atoms in total. The van der Waals surface area contributed by atoms with Crippen molar-refractivity contribution in [2.75, 3.05) is 24.8 Å². The fraction of sp³-hybridized carbons (Fsp3) is 0.219. The second-order valence-electron chi connectivity index (χ2n) is 9.76. The summed E-state index contributed by atoms with van der Waals surface area (Å²) in [5.41, 5.74) is 5.84. The predicted molar refractivity (Wildman–Crippen MR) is 165 cm³/mol. The number of hydrazone groups is 1. The van der Waals surface area contributed by atoms with E-state index in [-0.39, 0.29) is 22.4 Å². The maximum Gasteiger partial charge on any atom is 0.252 e. The number of nitrogens with one attached hydrogen (secondary N) is 2. The molecule has 4 aromatic rings. The first kappa shape index (κ1) is 31.2. The fourth-order valence-electron chi connectivity index (χ4n) is 4.29. The molecule has 0 saturated heterocycles. The molecule has 0 fully saturated rings. The number of phenolic OH excluding ortho intramolecular Hbond substituents is 1. The number of pyridine rings is 1. The summed E-state index contributed by atoms with van der Waals surface area (Å²) in [6.45, 7) is 2.85. The monoisotopic (exact) mass is 604 g/mol. The van der Waals surface area contributed by atoms with Crippen molar-refractivity contribution in [3.8, 4) is 22.6 Å². The first-order valence-corrected chi connectivity index (χ1v) is 15.6. The van der Waals surface area contributed by atoms with E-state index in [1.807, 2.05) is 13.0 Å². The molecular weight excluding hydrogens is 571 g/mol. The lowest BCUT2D eigenvalue weighted by Gasteiger charge is -2.14. The quantitative estimate of drug-likeness (QED) is 0.103. The Balaban J connectivity index is 1.21. The third kappa shape index (κ3) is 8.62. The van der Waals surface area contributed by atoms with Crippen LogP contribution in [0.25, 0.3) is 11.1 Å². The number of aromatic nitrogens is 1. The van der Waals surface area contributed by atoms with Crippen LogP contribution < -0.4 is 15.5 Å². The summed E-state index contributed by atoms with van der Waals surface area (Å²) in [5.74, 6) is 0.449. The van der Waals surface area contributed by atoms with Crippen LogP contribution in [0.1, 0.15) is 41.3 Å². The maximum absolute atomic E-state index is 13.3. The Morgan fingerprint density at radius 2 is 1.84 bits per heavy atom. The smallest absolute Gasteiger partial charge is 0.252 e. The molecule has 224 valence electrons. The molecule has 1 aromatic heterocycles. The Bertz CT molecular complexity index is 1690. The summed E-state index contributed by atoms with van der Waals surface area (Å²) in [6, 6.07) is 19.2. The number of benzene rings is 3. The number of ether oxygens (including phenoxy) is 1. The zero-order valence-corrected chi connectivity index (χ0v) is 24.7. The van der Waals surface area contributed by atoms with E-state index in [1.54, 1.807) is 48.5 Å². The van der Waals surface area contributed by atoms with Crippen molar-refractivity contribution in [2.24, 2.45) is 5.10 Å². The summed E-state index contributed by atoms with van der Waals surface area (Å²) in [4.78, 5) is 16.9. The normalized spacial score (nSPS) is 11.4. The van der Waals surface area contributed by atoms with Gasteiger partial charge in [-0.3, -0.25) is 10.2 Å². The third-order valence-corrected chi connectivity index (χ3v) is 7.73. The molecule has 3 N–H and O–H groups in total. The van der Waals surface area contributed by atoms with E-state index < -0.39 is 9.84 Å². The summed E-state index contributed by atoms with van der Waals surface area (Å²) >= 11 is 0. The molecule has 0 saturated carbocycles. The molecule has 1 amide bonds. The van der Waals surface area contributed by atoms with Gasteiger partial charge in [0.05, 0.1) is 23.3 Å². The lowest BCUT2D eigenvalue weighted by molar-refractivity contribution is 0.0952. The molecule has 43 heavy (non-hydrogen) atoms. The number of amides is 1. The van der Waals surface area contributed by atoms with Crippen LogP contribution in [-0.2, 0) is 16.3 Å². The average molecular weight is 605 g/mol. The van der Waals surface area contributed by atoms with Crippen LogP contribution in [0.2, 0.25) is 0 Å². The van der Waals surface area contributed by atoms with Gasteiger partial charge in [0.2, 0.25) is 0 Å². The van der Waals surface area contributed by atoms with Gasteiger partial charge in [0.15, 0.2) is 9.84 Å². The number of hydrogen-bond donors (Lipinski definition) is 3. The van der Waals surface area contributed by atoms with Crippen molar-refractivity contribution in [2.45, 2.75) is 31.1 Å². The minimum Gasteiger partial charge on any atom is -0.507 e. The van der Waals surface area contributed by atoms with E-state index in [9.17, 15) is 22.7 Å². The Morgan fingerprint density at radius 3 is 2.53 bits per heavy atom. The van der Waals surface area contributed by atoms with Crippen molar-refractivity contribution in [1.29, 1.82) is 0 Å². The van der Waals surface area contributed by atoms with Gasteiger partial charge in [-0.05, 0) is 66.8 Å². The number of unbranched alkanes of at least 4 members (excludes halogenated alkanes) is 1. The van der Waals surface area contributed by atoms with E-state index in [0.717, 1.165) is 17.4 Å². The number of anilines is 1. The molecule has 0 unspecified atom stereocenters. The highest BCUT2D eigenvalue weighted by atomic mass is 32.2. The molecule has 4 rings (SSSR count). The zero-order chi connectivity index (χ0) is 30.8. The number of rotatable bonds is 13. The van der Waals surface area contributed by atoms with Crippen LogP contribution >= 0.6 is 0 Å². The number of halogens is 1. The van der Waals surface area contributed by atoms with Crippen molar-refractivity contribution in [3.63, 3.8) is 0 Å². The average Bonchev–Trinajstić information content (AvgIpc) is 2.99. The molecule has 1 heterocycles. The first-order chi connectivity index (χ1) is 20.7.